The van der Waals surface area contributed by atoms with E-state index in [1.54, 1.807) is 0 Å². The second-order valence-corrected chi connectivity index (χ2v) is 15.8. The Hall–Kier alpha value is -6.62. The summed E-state index contributed by atoms with van der Waals surface area (Å²) in [7, 11) is 0. The van der Waals surface area contributed by atoms with Crippen LogP contribution in [0.2, 0.25) is 0 Å². The van der Waals surface area contributed by atoms with Gasteiger partial charge in [0.05, 0.1) is 28.0 Å². The molecule has 0 radical (unpaired) electrons. The van der Waals surface area contributed by atoms with Crippen LogP contribution in [0.5, 0.6) is 11.5 Å². The van der Waals surface area contributed by atoms with Crippen molar-refractivity contribution in [2.24, 2.45) is 0 Å². The van der Waals surface area contributed by atoms with Gasteiger partial charge in [-0.3, -0.25) is 15.0 Å². The summed E-state index contributed by atoms with van der Waals surface area (Å²) in [6, 6.07) is 43.7. The zero-order valence-electron chi connectivity index (χ0n) is 34.1. The minimum Gasteiger partial charge on any atom is -0.497 e. The molecule has 0 atom stereocenters. The summed E-state index contributed by atoms with van der Waals surface area (Å²) >= 11 is 0. The molecule has 0 amide bonds. The van der Waals surface area contributed by atoms with E-state index in [1.807, 2.05) is 43.0 Å². The van der Waals surface area contributed by atoms with Crippen molar-refractivity contribution in [1.82, 2.24) is 23.8 Å². The number of nitrogens with zero attached hydrogens (tertiary/aromatic N) is 5. The van der Waals surface area contributed by atoms with Crippen molar-refractivity contribution in [2.45, 2.75) is 41.5 Å². The third-order valence-corrected chi connectivity index (χ3v) is 12.1. The number of hydrogen-bond donors (Lipinski definition) is 0. The fourth-order valence-corrected chi connectivity index (χ4v) is 9.49. The summed E-state index contributed by atoms with van der Waals surface area (Å²) in [5.74, 6) is 1.14. The van der Waals surface area contributed by atoms with Crippen molar-refractivity contribution in [3.8, 4) is 45.0 Å². The van der Waals surface area contributed by atoms with Gasteiger partial charge in [0.15, 0.2) is 0 Å². The summed E-state index contributed by atoms with van der Waals surface area (Å²) in [5.41, 5.74) is 19.1. The first-order valence-corrected chi connectivity index (χ1v) is 20.0. The largest absolute Gasteiger partial charge is 2.00 e. The average Bonchev–Trinajstić information content (AvgIpc) is 3.90. The number of ether oxygens (including phenoxy) is 1. The maximum atomic E-state index is 6.64. The first-order chi connectivity index (χ1) is 28.7. The Morgan fingerprint density at radius 2 is 1.07 bits per heavy atom. The van der Waals surface area contributed by atoms with Gasteiger partial charge in [-0.25, -0.2) is 0 Å². The third kappa shape index (κ3) is 5.69. The number of fused-ring (bicyclic) bond motifs is 12. The first kappa shape index (κ1) is 37.6. The molecular weight excluding hydrogens is 918 g/mol. The molecule has 0 aliphatic carbocycles. The van der Waals surface area contributed by atoms with Gasteiger partial charge in [0.1, 0.15) is 0 Å². The molecule has 292 valence electrons. The quantitative estimate of drug-likeness (QED) is 0.127. The van der Waals surface area contributed by atoms with Crippen LogP contribution in [0.3, 0.4) is 0 Å². The van der Waals surface area contributed by atoms with Gasteiger partial charge < -0.3 is 13.5 Å². The van der Waals surface area contributed by atoms with Gasteiger partial charge in [-0.05, 0) is 121 Å². The van der Waals surface area contributed by atoms with Gasteiger partial charge in [0.2, 0.25) is 0 Å². The molecule has 0 unspecified atom stereocenters. The van der Waals surface area contributed by atoms with E-state index in [1.165, 1.54) is 61.2 Å². The van der Waals surface area contributed by atoms with Crippen molar-refractivity contribution < 1.29 is 25.8 Å². The van der Waals surface area contributed by atoms with Gasteiger partial charge in [-0.15, -0.1) is 12.1 Å². The molecule has 5 heterocycles. The topological polar surface area (TPSA) is 56.7 Å². The van der Waals surface area contributed by atoms with Crippen LogP contribution in [0.15, 0.2) is 128 Å². The molecule has 11 rings (SSSR count). The SMILES string of the molecule is Cc1cccc(C)c1-c1cc2c3ccc(Oc4[c-]c5c(cc4)c4ncccc4n4c(-c6c(C)cccc6C)cnc54)[c-]c3c3nccn3c2cc1-c1c(C)cccc1C.[Pt+2]. The normalized spacial score (nSPS) is 11.7. The second kappa shape index (κ2) is 14.3. The van der Waals surface area contributed by atoms with Crippen molar-refractivity contribution in [3.63, 3.8) is 0 Å². The summed E-state index contributed by atoms with van der Waals surface area (Å²) < 4.78 is 11.0. The van der Waals surface area contributed by atoms with Crippen LogP contribution in [0.25, 0.3) is 88.3 Å². The number of pyridine rings is 3. The van der Waals surface area contributed by atoms with E-state index in [2.05, 4.69) is 147 Å². The maximum Gasteiger partial charge on any atom is 2.00 e. The molecule has 60 heavy (non-hydrogen) atoms. The molecule has 11 aromatic rings. The predicted octanol–water partition coefficient (Wildman–Crippen LogP) is 13.2. The zero-order chi connectivity index (χ0) is 40.1. The molecule has 0 aliphatic heterocycles. The number of aryl methyl sites for hydroxylation is 6. The molecule has 0 N–H and O–H groups in total. The van der Waals surface area contributed by atoms with Crippen LogP contribution in [0, 0.1) is 53.7 Å². The van der Waals surface area contributed by atoms with Gasteiger partial charge in [0, 0.05) is 47.4 Å². The molecule has 0 aliphatic rings. The van der Waals surface area contributed by atoms with Crippen molar-refractivity contribution in [3.05, 3.63) is 173 Å². The fraction of sp³-hybridized carbons (Fsp3) is 0.113. The van der Waals surface area contributed by atoms with Crippen LogP contribution in [0.4, 0.5) is 0 Å². The number of hydrogen-bond acceptors (Lipinski definition) is 4. The Morgan fingerprint density at radius 3 is 1.70 bits per heavy atom. The van der Waals surface area contributed by atoms with Gasteiger partial charge in [-0.1, -0.05) is 106 Å². The van der Waals surface area contributed by atoms with E-state index < -0.39 is 0 Å². The number of aromatic nitrogens is 5. The minimum absolute atomic E-state index is 0. The molecule has 6 nitrogen and oxygen atoms in total. The predicted molar refractivity (Wildman–Crippen MR) is 241 cm³/mol. The molecule has 5 aromatic heterocycles. The van der Waals surface area contributed by atoms with Crippen molar-refractivity contribution >= 4 is 54.8 Å². The second-order valence-electron chi connectivity index (χ2n) is 15.8. The molecule has 6 aromatic carbocycles. The number of imidazole rings is 2. The Bertz CT molecular complexity index is 3500. The summed E-state index contributed by atoms with van der Waals surface area (Å²) in [4.78, 5) is 14.7. The summed E-state index contributed by atoms with van der Waals surface area (Å²) in [6.45, 7) is 13.1. The summed E-state index contributed by atoms with van der Waals surface area (Å²) in [6.07, 6.45) is 7.72. The van der Waals surface area contributed by atoms with E-state index >= 15 is 0 Å². The number of rotatable bonds is 5. The van der Waals surface area contributed by atoms with Crippen molar-refractivity contribution in [2.75, 3.05) is 0 Å². The van der Waals surface area contributed by atoms with Gasteiger partial charge in [0.25, 0.3) is 0 Å². The van der Waals surface area contributed by atoms with Crippen LogP contribution < -0.4 is 4.74 Å². The molecule has 0 spiro atoms. The fourth-order valence-electron chi connectivity index (χ4n) is 9.49. The Kier molecular flexibility index (Phi) is 8.96. The summed E-state index contributed by atoms with van der Waals surface area (Å²) in [5, 5.41) is 4.88. The Morgan fingerprint density at radius 1 is 0.500 bits per heavy atom. The van der Waals surface area contributed by atoms with Crippen LogP contribution >= 0.6 is 0 Å². The maximum absolute atomic E-state index is 6.64. The van der Waals surface area contributed by atoms with Gasteiger partial charge >= 0.3 is 21.1 Å². The molecule has 0 saturated heterocycles. The zero-order valence-corrected chi connectivity index (χ0v) is 36.4. The average molecular weight is 957 g/mol. The Labute approximate surface area is 362 Å². The first-order valence-electron chi connectivity index (χ1n) is 20.0. The Balaban J connectivity index is 0.00000433. The standard InChI is InChI=1S/C53H39N5O.Pt/c1-30-11-7-12-31(2)48(30)41-27-40-38-20-18-36(25-43(38)52-55-23-24-57(52)46(40)28-42(41)49-32(3)13-8-14-33(49)4)59-37-19-21-39-44(26-37)53-56-29-47(50-34(5)15-9-16-35(50)6)58(53)45-17-10-22-54-51(39)45;/h7-24,27-29H,1-6H3;/q-2;+2. The number of benzene rings is 6. The smallest absolute Gasteiger partial charge is 0.497 e. The van der Waals surface area contributed by atoms with E-state index in [0.29, 0.717) is 11.5 Å². The van der Waals surface area contributed by atoms with Gasteiger partial charge in [-0.2, -0.15) is 0 Å². The molecule has 0 saturated carbocycles. The molecule has 0 bridgehead atoms. The third-order valence-electron chi connectivity index (χ3n) is 12.1. The molecule has 0 fully saturated rings. The van der Waals surface area contributed by atoms with E-state index in [9.17, 15) is 0 Å². The van der Waals surface area contributed by atoms with E-state index in [0.717, 1.165) is 60.5 Å². The van der Waals surface area contributed by atoms with Crippen LogP contribution in [-0.4, -0.2) is 23.8 Å². The molecule has 7 heteroatoms. The van der Waals surface area contributed by atoms with Crippen molar-refractivity contribution in [1.29, 1.82) is 0 Å². The molecular formula is C53H39N5OPt. The minimum atomic E-state index is 0. The van der Waals surface area contributed by atoms with E-state index in [-0.39, 0.29) is 21.1 Å². The van der Waals surface area contributed by atoms with Crippen LogP contribution in [-0.2, 0) is 21.1 Å². The van der Waals surface area contributed by atoms with Crippen LogP contribution in [0.1, 0.15) is 33.4 Å². The monoisotopic (exact) mass is 956 g/mol. The van der Waals surface area contributed by atoms with E-state index in [4.69, 9.17) is 19.7 Å².